The zero-order valence-electron chi connectivity index (χ0n) is 13.0. The molecule has 5 heteroatoms. The third-order valence-corrected chi connectivity index (χ3v) is 4.74. The first-order valence-electron chi connectivity index (χ1n) is 7.77. The van der Waals surface area contributed by atoms with Gasteiger partial charge in [0.15, 0.2) is 5.82 Å². The van der Waals surface area contributed by atoms with Crippen LogP contribution in [0, 0.1) is 5.92 Å². The maximum Gasteiger partial charge on any atom is 0.237 e. The molecule has 0 N–H and O–H groups in total. The lowest BCUT2D eigenvalue weighted by Gasteiger charge is -2.34. The van der Waals surface area contributed by atoms with Gasteiger partial charge >= 0.3 is 0 Å². The number of aromatic nitrogens is 2. The van der Waals surface area contributed by atoms with Crippen LogP contribution in [-0.2, 0) is 16.6 Å². The quantitative estimate of drug-likeness (QED) is 0.818. The second-order valence-corrected chi connectivity index (χ2v) is 7.23. The van der Waals surface area contributed by atoms with Crippen LogP contribution in [0.5, 0.6) is 0 Å². The number of nitrogens with zero attached hydrogens (tertiary/aromatic N) is 2. The first-order chi connectivity index (χ1) is 10.6. The van der Waals surface area contributed by atoms with E-state index in [1.54, 1.807) is 0 Å². The predicted molar refractivity (Wildman–Crippen MR) is 87.8 cm³/mol. The van der Waals surface area contributed by atoms with Crippen molar-refractivity contribution in [2.24, 2.45) is 5.92 Å². The molecule has 0 atom stereocenters. The van der Waals surface area contributed by atoms with Gasteiger partial charge in [0.2, 0.25) is 5.89 Å². The molecule has 3 rings (SSSR count). The minimum atomic E-state index is -0.221. The lowest BCUT2D eigenvalue weighted by molar-refractivity contribution is 0.0523. The third-order valence-electron chi connectivity index (χ3n) is 4.21. The molecule has 1 aliphatic rings. The molecule has 0 unspecified atom stereocenters. The standard InChI is InChI=1S/C17H21BrN2O2/c1-12(2)11-15-19-16(22-20-15)17(7-9-21-10-8-17)13-3-5-14(18)6-4-13/h3-6,12H,7-11H2,1-2H3. The summed E-state index contributed by atoms with van der Waals surface area (Å²) >= 11 is 3.50. The third kappa shape index (κ3) is 3.10. The molecule has 2 heterocycles. The molecule has 1 fully saturated rings. The Balaban J connectivity index is 1.98. The van der Waals surface area contributed by atoms with Crippen molar-refractivity contribution in [3.8, 4) is 0 Å². The van der Waals surface area contributed by atoms with Crippen molar-refractivity contribution in [2.75, 3.05) is 13.2 Å². The van der Waals surface area contributed by atoms with Crippen molar-refractivity contribution in [1.29, 1.82) is 0 Å². The molecule has 2 aromatic rings. The summed E-state index contributed by atoms with van der Waals surface area (Å²) in [5.74, 6) is 2.05. The van der Waals surface area contributed by atoms with E-state index in [0.29, 0.717) is 5.92 Å². The summed E-state index contributed by atoms with van der Waals surface area (Å²) in [4.78, 5) is 4.70. The van der Waals surface area contributed by atoms with Crippen LogP contribution in [0.3, 0.4) is 0 Å². The molecule has 22 heavy (non-hydrogen) atoms. The highest BCUT2D eigenvalue weighted by molar-refractivity contribution is 9.10. The van der Waals surface area contributed by atoms with Crippen molar-refractivity contribution >= 4 is 15.9 Å². The first kappa shape index (κ1) is 15.7. The van der Waals surface area contributed by atoms with Crippen LogP contribution in [0.2, 0.25) is 0 Å². The van der Waals surface area contributed by atoms with Gasteiger partial charge in [-0.2, -0.15) is 4.98 Å². The normalized spacial score (nSPS) is 17.8. The van der Waals surface area contributed by atoms with Crippen LogP contribution in [0.4, 0.5) is 0 Å². The van der Waals surface area contributed by atoms with Gasteiger partial charge in [-0.25, -0.2) is 0 Å². The first-order valence-corrected chi connectivity index (χ1v) is 8.56. The zero-order chi connectivity index (χ0) is 15.6. The Labute approximate surface area is 139 Å². The summed E-state index contributed by atoms with van der Waals surface area (Å²) < 4.78 is 12.3. The van der Waals surface area contributed by atoms with Gasteiger partial charge in [0.25, 0.3) is 0 Å². The topological polar surface area (TPSA) is 48.2 Å². The van der Waals surface area contributed by atoms with Gasteiger partial charge < -0.3 is 9.26 Å². The smallest absolute Gasteiger partial charge is 0.237 e. The molecule has 0 radical (unpaired) electrons. The SMILES string of the molecule is CC(C)Cc1noc(C2(c3ccc(Br)cc3)CCOCC2)n1. The van der Waals surface area contributed by atoms with E-state index in [0.717, 1.165) is 48.7 Å². The van der Waals surface area contributed by atoms with Crippen LogP contribution < -0.4 is 0 Å². The molecule has 1 aromatic heterocycles. The van der Waals surface area contributed by atoms with E-state index < -0.39 is 0 Å². The lowest BCUT2D eigenvalue weighted by Crippen LogP contribution is -2.35. The lowest BCUT2D eigenvalue weighted by atomic mass is 9.74. The number of ether oxygens (including phenoxy) is 1. The average Bonchev–Trinajstić information content (AvgIpc) is 2.97. The van der Waals surface area contributed by atoms with E-state index in [1.807, 2.05) is 0 Å². The number of hydrogen-bond donors (Lipinski definition) is 0. The van der Waals surface area contributed by atoms with Gasteiger partial charge in [0.1, 0.15) is 0 Å². The second-order valence-electron chi connectivity index (χ2n) is 6.32. The zero-order valence-corrected chi connectivity index (χ0v) is 14.6. The van der Waals surface area contributed by atoms with Crippen LogP contribution in [0.25, 0.3) is 0 Å². The maximum atomic E-state index is 5.66. The van der Waals surface area contributed by atoms with Crippen molar-refractivity contribution in [2.45, 2.75) is 38.5 Å². The molecule has 1 aliphatic heterocycles. The molecule has 4 nitrogen and oxygen atoms in total. The minimum absolute atomic E-state index is 0.221. The summed E-state index contributed by atoms with van der Waals surface area (Å²) in [5, 5.41) is 4.18. The Morgan fingerprint density at radius 2 is 1.86 bits per heavy atom. The monoisotopic (exact) mass is 364 g/mol. The van der Waals surface area contributed by atoms with E-state index in [4.69, 9.17) is 14.2 Å². The Kier molecular flexibility index (Phi) is 4.64. The highest BCUT2D eigenvalue weighted by Crippen LogP contribution is 2.40. The molecule has 118 valence electrons. The summed E-state index contributed by atoms with van der Waals surface area (Å²) in [6.07, 6.45) is 2.59. The molecular formula is C17H21BrN2O2. The van der Waals surface area contributed by atoms with E-state index in [1.165, 1.54) is 5.56 Å². The number of halogens is 1. The average molecular weight is 365 g/mol. The van der Waals surface area contributed by atoms with Crippen LogP contribution in [-0.4, -0.2) is 23.4 Å². The largest absolute Gasteiger partial charge is 0.381 e. The van der Waals surface area contributed by atoms with E-state index in [-0.39, 0.29) is 5.41 Å². The van der Waals surface area contributed by atoms with Gasteiger partial charge in [0.05, 0.1) is 5.41 Å². The van der Waals surface area contributed by atoms with Gasteiger partial charge in [0, 0.05) is 24.1 Å². The number of hydrogen-bond acceptors (Lipinski definition) is 4. The van der Waals surface area contributed by atoms with Crippen LogP contribution in [0.15, 0.2) is 33.3 Å². The van der Waals surface area contributed by atoms with Crippen molar-refractivity contribution in [3.05, 3.63) is 46.0 Å². The highest BCUT2D eigenvalue weighted by atomic mass is 79.9. The molecule has 0 amide bonds. The van der Waals surface area contributed by atoms with Gasteiger partial charge in [-0.15, -0.1) is 0 Å². The molecule has 0 saturated carbocycles. The molecule has 1 aromatic carbocycles. The second kappa shape index (κ2) is 6.50. The Morgan fingerprint density at radius 1 is 1.18 bits per heavy atom. The fourth-order valence-electron chi connectivity index (χ4n) is 3.01. The van der Waals surface area contributed by atoms with Gasteiger partial charge in [-0.05, 0) is 36.5 Å². The number of rotatable bonds is 4. The van der Waals surface area contributed by atoms with E-state index in [9.17, 15) is 0 Å². The van der Waals surface area contributed by atoms with Crippen LogP contribution >= 0.6 is 15.9 Å². The van der Waals surface area contributed by atoms with Crippen LogP contribution in [0.1, 0.15) is 44.0 Å². The Morgan fingerprint density at radius 3 is 2.50 bits per heavy atom. The molecule has 0 spiro atoms. The summed E-state index contributed by atoms with van der Waals surface area (Å²) in [5.41, 5.74) is 1.00. The summed E-state index contributed by atoms with van der Waals surface area (Å²) in [7, 11) is 0. The molecule has 0 aliphatic carbocycles. The molecule has 0 bridgehead atoms. The van der Waals surface area contributed by atoms with Crippen molar-refractivity contribution in [1.82, 2.24) is 10.1 Å². The minimum Gasteiger partial charge on any atom is -0.381 e. The Hall–Kier alpha value is -1.20. The summed E-state index contributed by atoms with van der Waals surface area (Å²) in [6, 6.07) is 8.42. The van der Waals surface area contributed by atoms with Crippen molar-refractivity contribution in [3.63, 3.8) is 0 Å². The molecular weight excluding hydrogens is 344 g/mol. The number of benzene rings is 1. The predicted octanol–water partition coefficient (Wildman–Crippen LogP) is 4.13. The van der Waals surface area contributed by atoms with E-state index >= 15 is 0 Å². The Bertz CT molecular complexity index is 616. The maximum absolute atomic E-state index is 5.66. The fourth-order valence-corrected chi connectivity index (χ4v) is 3.28. The highest BCUT2D eigenvalue weighted by Gasteiger charge is 2.41. The van der Waals surface area contributed by atoms with Crippen molar-refractivity contribution < 1.29 is 9.26 Å². The van der Waals surface area contributed by atoms with E-state index in [2.05, 4.69) is 59.2 Å². The van der Waals surface area contributed by atoms with Gasteiger partial charge in [-0.3, -0.25) is 0 Å². The fraction of sp³-hybridized carbons (Fsp3) is 0.529. The summed E-state index contributed by atoms with van der Waals surface area (Å²) in [6.45, 7) is 5.76. The molecule has 1 saturated heterocycles. The van der Waals surface area contributed by atoms with Gasteiger partial charge in [-0.1, -0.05) is 47.1 Å².